The second-order valence-electron chi connectivity index (χ2n) is 0.796. The molecule has 0 rings (SSSR count). The van der Waals surface area contributed by atoms with Crippen LogP contribution in [0.25, 0.3) is 0 Å². The Labute approximate surface area is 42.5 Å². The second-order valence-corrected chi connectivity index (χ2v) is 0.796. The Bertz CT molecular complexity index is 93.1. The summed E-state index contributed by atoms with van der Waals surface area (Å²) >= 11 is 0. The van der Waals surface area contributed by atoms with E-state index >= 15 is 0 Å². The molecule has 0 aromatic carbocycles. The normalized spacial score (nSPS) is 11.0. The van der Waals surface area contributed by atoms with Gasteiger partial charge in [-0.15, -0.1) is 0 Å². The lowest BCUT2D eigenvalue weighted by molar-refractivity contribution is 1.16. The smallest absolute Gasteiger partial charge is 0.0673 e. The molecule has 0 saturated carbocycles. The molecule has 0 bridgehead atoms. The maximum absolute atomic E-state index is 3.47. The fraction of sp³-hybridized carbons (Fsp3) is 0.250. The number of rotatable bonds is 2. The molecular formula is C4H7N3. The van der Waals surface area contributed by atoms with Crippen molar-refractivity contribution in [2.24, 2.45) is 15.2 Å². The van der Waals surface area contributed by atoms with Crippen LogP contribution >= 0.6 is 0 Å². The van der Waals surface area contributed by atoms with Gasteiger partial charge in [0.25, 0.3) is 0 Å². The van der Waals surface area contributed by atoms with Crippen LogP contribution in [0.15, 0.2) is 27.6 Å². The highest BCUT2D eigenvalue weighted by molar-refractivity contribution is 5.25. The topological polar surface area (TPSA) is 37.1 Å². The van der Waals surface area contributed by atoms with E-state index in [4.69, 9.17) is 0 Å². The third kappa shape index (κ3) is 5.01. The summed E-state index contributed by atoms with van der Waals surface area (Å²) in [4.78, 5) is 3.39. The molecule has 0 aliphatic heterocycles. The molecule has 3 heteroatoms. The highest BCUT2D eigenvalue weighted by atomic mass is 15.1. The average Bonchev–Trinajstić information content (AvgIpc) is 1.69. The van der Waals surface area contributed by atoms with Crippen molar-refractivity contribution in [1.82, 2.24) is 0 Å². The summed E-state index contributed by atoms with van der Waals surface area (Å²) in [5.41, 5.74) is 0. The molecule has 0 spiro atoms. The molecule has 0 heterocycles. The maximum Gasteiger partial charge on any atom is 0.0673 e. The number of hydrogen-bond donors (Lipinski definition) is 0. The molecule has 7 heavy (non-hydrogen) atoms. The molecule has 38 valence electrons. The van der Waals surface area contributed by atoms with Crippen molar-refractivity contribution in [1.29, 1.82) is 0 Å². The fourth-order valence-corrected chi connectivity index (χ4v) is 0.144. The fourth-order valence-electron chi connectivity index (χ4n) is 0.144. The molecule has 0 aromatic rings. The lowest BCUT2D eigenvalue weighted by Gasteiger charge is -1.66. The molecule has 0 aromatic heterocycles. The van der Waals surface area contributed by atoms with Gasteiger partial charge < -0.3 is 0 Å². The highest BCUT2D eigenvalue weighted by Gasteiger charge is 1.53. The van der Waals surface area contributed by atoms with Gasteiger partial charge in [0.1, 0.15) is 0 Å². The summed E-state index contributed by atoms with van der Waals surface area (Å²) in [6, 6.07) is 0. The highest BCUT2D eigenvalue weighted by Crippen LogP contribution is 1.73. The van der Waals surface area contributed by atoms with Gasteiger partial charge in [-0.3, -0.25) is 4.99 Å². The van der Waals surface area contributed by atoms with Crippen molar-refractivity contribution in [2.75, 3.05) is 7.05 Å². The Kier molecular flexibility index (Phi) is 4.30. The summed E-state index contributed by atoms with van der Waals surface area (Å²) in [6.07, 6.45) is 2.93. The zero-order valence-electron chi connectivity index (χ0n) is 4.20. The van der Waals surface area contributed by atoms with Gasteiger partial charge in [0.05, 0.1) is 6.20 Å². The molecule has 0 radical (unpaired) electrons. The minimum Gasteiger partial charge on any atom is -0.271 e. The summed E-state index contributed by atoms with van der Waals surface area (Å²) in [7, 11) is 1.59. The predicted molar refractivity (Wildman–Crippen MR) is 29.5 cm³/mol. The van der Waals surface area contributed by atoms with Crippen LogP contribution < -0.4 is 0 Å². The quantitative estimate of drug-likeness (QED) is 0.367. The molecule has 0 amide bonds. The first-order valence-corrected chi connectivity index (χ1v) is 1.81. The van der Waals surface area contributed by atoms with Crippen LogP contribution in [0.4, 0.5) is 0 Å². The molecule has 0 atom stereocenters. The van der Waals surface area contributed by atoms with Crippen LogP contribution in [0.5, 0.6) is 0 Å². The largest absolute Gasteiger partial charge is 0.271 e. The van der Waals surface area contributed by atoms with E-state index < -0.39 is 0 Å². The van der Waals surface area contributed by atoms with E-state index in [1.165, 1.54) is 12.4 Å². The number of aliphatic imine (C=N–C) groups is 1. The number of hydrogen-bond acceptors (Lipinski definition) is 3. The van der Waals surface area contributed by atoms with E-state index in [1.807, 2.05) is 0 Å². The van der Waals surface area contributed by atoms with Gasteiger partial charge in [-0.2, -0.15) is 10.2 Å². The van der Waals surface area contributed by atoms with Gasteiger partial charge in [0.2, 0.25) is 0 Å². The molecule has 0 saturated heterocycles. The Morgan fingerprint density at radius 3 is 2.57 bits per heavy atom. The Hall–Kier alpha value is -0.990. The minimum atomic E-state index is 1.47. The van der Waals surface area contributed by atoms with Crippen LogP contribution in [0, 0.1) is 0 Å². The Morgan fingerprint density at radius 1 is 1.43 bits per heavy atom. The summed E-state index contributed by atoms with van der Waals surface area (Å²) < 4.78 is 0. The van der Waals surface area contributed by atoms with Crippen LogP contribution in [-0.4, -0.2) is 13.8 Å². The van der Waals surface area contributed by atoms with E-state index in [2.05, 4.69) is 21.9 Å². The van der Waals surface area contributed by atoms with Gasteiger partial charge in [-0.1, -0.05) is 0 Å². The van der Waals surface area contributed by atoms with Crippen LogP contribution in [-0.2, 0) is 0 Å². The zero-order valence-corrected chi connectivity index (χ0v) is 4.20. The molecule has 0 aliphatic rings. The Morgan fingerprint density at radius 2 is 2.14 bits per heavy atom. The van der Waals surface area contributed by atoms with Crippen molar-refractivity contribution in [3.05, 3.63) is 12.4 Å². The maximum atomic E-state index is 3.47. The van der Waals surface area contributed by atoms with Crippen LogP contribution in [0.3, 0.4) is 0 Å². The van der Waals surface area contributed by atoms with Crippen LogP contribution in [0.1, 0.15) is 0 Å². The lowest BCUT2D eigenvalue weighted by Crippen LogP contribution is -1.45. The first-order valence-electron chi connectivity index (χ1n) is 1.81. The second kappa shape index (κ2) is 5.01. The molecule has 3 nitrogen and oxygen atoms in total. The first-order chi connectivity index (χ1) is 3.41. The van der Waals surface area contributed by atoms with Gasteiger partial charge >= 0.3 is 0 Å². The average molecular weight is 97.1 g/mol. The Balaban J connectivity index is 3.27. The SMILES string of the molecule is C=N/C=C\N=N/C. The molecule has 0 N–H and O–H groups in total. The summed E-state index contributed by atoms with van der Waals surface area (Å²) in [5, 5.41) is 6.90. The van der Waals surface area contributed by atoms with Crippen LogP contribution in [0.2, 0.25) is 0 Å². The van der Waals surface area contributed by atoms with Crippen molar-refractivity contribution in [3.63, 3.8) is 0 Å². The lowest BCUT2D eigenvalue weighted by atomic mass is 10.9. The van der Waals surface area contributed by atoms with Crippen molar-refractivity contribution in [2.45, 2.75) is 0 Å². The van der Waals surface area contributed by atoms with E-state index in [-0.39, 0.29) is 0 Å². The zero-order chi connectivity index (χ0) is 5.54. The van der Waals surface area contributed by atoms with Crippen molar-refractivity contribution < 1.29 is 0 Å². The molecule has 0 unspecified atom stereocenters. The predicted octanol–water partition coefficient (Wildman–Crippen LogP) is 1.24. The molecule has 0 fully saturated rings. The molecule has 0 aliphatic carbocycles. The standard InChI is InChI=1S/C4H7N3/c1-5-3-4-7-6-2/h3-4H,1H2,2H3/b4-3-,7-6-. The van der Waals surface area contributed by atoms with E-state index in [0.717, 1.165) is 0 Å². The van der Waals surface area contributed by atoms with Crippen molar-refractivity contribution >= 4 is 6.72 Å². The first kappa shape index (κ1) is 6.01. The third-order valence-corrected chi connectivity index (χ3v) is 0.354. The van der Waals surface area contributed by atoms with Crippen molar-refractivity contribution in [3.8, 4) is 0 Å². The van der Waals surface area contributed by atoms with E-state index in [9.17, 15) is 0 Å². The number of nitrogens with zero attached hydrogens (tertiary/aromatic N) is 3. The van der Waals surface area contributed by atoms with Gasteiger partial charge in [0.15, 0.2) is 0 Å². The minimum absolute atomic E-state index is 1.47. The van der Waals surface area contributed by atoms with E-state index in [1.54, 1.807) is 7.05 Å². The monoisotopic (exact) mass is 97.1 g/mol. The third-order valence-electron chi connectivity index (χ3n) is 0.354. The molecular weight excluding hydrogens is 90.1 g/mol. The van der Waals surface area contributed by atoms with Gasteiger partial charge in [-0.05, 0) is 6.72 Å². The summed E-state index contributed by atoms with van der Waals surface area (Å²) in [6.45, 7) is 3.19. The number of azo groups is 1. The summed E-state index contributed by atoms with van der Waals surface area (Å²) in [5.74, 6) is 0. The van der Waals surface area contributed by atoms with Gasteiger partial charge in [0, 0.05) is 13.2 Å². The van der Waals surface area contributed by atoms with Gasteiger partial charge in [-0.25, -0.2) is 0 Å². The van der Waals surface area contributed by atoms with E-state index in [0.29, 0.717) is 0 Å².